The van der Waals surface area contributed by atoms with Crippen molar-refractivity contribution in [3.63, 3.8) is 0 Å². The fourth-order valence-corrected chi connectivity index (χ4v) is 7.56. The van der Waals surface area contributed by atoms with Crippen LogP contribution < -0.4 is 71.6 Å². The molecule has 21 heteroatoms. The molecule has 21 nitrogen and oxygen atoms in total. The van der Waals surface area contributed by atoms with Crippen LogP contribution >= 0.6 is 0 Å². The van der Waals surface area contributed by atoms with E-state index in [9.17, 15) is 38.4 Å². The lowest BCUT2D eigenvalue weighted by Gasteiger charge is -2.28. The van der Waals surface area contributed by atoms with E-state index < -0.39 is 95.6 Å². The Kier molecular flexibility index (Phi) is 37.7. The van der Waals surface area contributed by atoms with Gasteiger partial charge in [0, 0.05) is 0 Å². The SMILES string of the molecule is CCCC[C@H](NC(=O)[C@H](CCCCN)NC(=O)[C@H](CCCC)NC(=O)[C@H](CCCCN)NC(=O)[C@H](CCCC)NC(=O)[C@H](CCCCN)NC(=O)[C@@H](N)CCCC)C(=O)N[C@@H](CCCCN)C(N)=O. The van der Waals surface area contributed by atoms with E-state index in [0.717, 1.165) is 19.3 Å². The van der Waals surface area contributed by atoms with Gasteiger partial charge in [-0.2, -0.15) is 0 Å². The summed E-state index contributed by atoms with van der Waals surface area (Å²) in [6, 6.07) is -8.17. The normalized spacial score (nSPS) is 14.7. The maximum absolute atomic E-state index is 14.2. The van der Waals surface area contributed by atoms with Gasteiger partial charge in [0.2, 0.25) is 47.3 Å². The van der Waals surface area contributed by atoms with Crippen LogP contribution in [0.2, 0.25) is 0 Å². The van der Waals surface area contributed by atoms with Crippen molar-refractivity contribution >= 4 is 47.3 Å². The van der Waals surface area contributed by atoms with Gasteiger partial charge in [0.15, 0.2) is 0 Å². The molecule has 0 radical (unpaired) electrons. The predicted octanol–water partition coefficient (Wildman–Crippen LogP) is 0.469. The average Bonchev–Trinajstić information content (AvgIpc) is 3.32. The van der Waals surface area contributed by atoms with Crippen LogP contribution in [-0.2, 0) is 38.4 Å². The van der Waals surface area contributed by atoms with Crippen molar-refractivity contribution in [2.75, 3.05) is 26.2 Å². The Morgan fingerprint density at radius 1 is 0.304 bits per heavy atom. The van der Waals surface area contributed by atoms with E-state index >= 15 is 0 Å². The third-order valence-electron chi connectivity index (χ3n) is 12.0. The number of hydrogen-bond donors (Lipinski definition) is 13. The summed E-state index contributed by atoms with van der Waals surface area (Å²) in [5, 5.41) is 19.5. The third kappa shape index (κ3) is 28.7. The highest BCUT2D eigenvalue weighted by atomic mass is 16.2. The standard InChI is InChI=1S/C48H95N13O8/c1-5-9-21-33(53)42(63)56-38(26-14-18-30-50)46(67)58-36(23-11-7-3)44(65)61-40(28-16-20-32-52)48(69)59-37(24-12-8-4)45(66)60-39(27-15-19-31-51)47(68)57-35(22-10-6-2)43(64)55-34(41(54)62)25-13-17-29-49/h33-40H,5-32,49-53H2,1-4H3,(H2,54,62)(H,55,64)(H,56,63)(H,57,68)(H,58,67)(H,59,69)(H,60,66)(H,61,65)/t33-,34-,35-,36-,37-,38-,39-,40-/m0/s1. The molecule has 0 unspecified atom stereocenters. The molecule has 0 aromatic rings. The Balaban J connectivity index is 6.57. The Labute approximate surface area is 412 Å². The highest BCUT2D eigenvalue weighted by molar-refractivity contribution is 5.97. The molecule has 400 valence electrons. The average molecular weight is 982 g/mol. The van der Waals surface area contributed by atoms with Crippen LogP contribution in [-0.4, -0.2) is 122 Å². The zero-order valence-corrected chi connectivity index (χ0v) is 42.6. The molecular formula is C48H95N13O8. The van der Waals surface area contributed by atoms with Crippen molar-refractivity contribution in [1.29, 1.82) is 0 Å². The molecular weight excluding hydrogens is 887 g/mol. The highest BCUT2D eigenvalue weighted by Gasteiger charge is 2.34. The lowest BCUT2D eigenvalue weighted by molar-refractivity contribution is -0.136. The van der Waals surface area contributed by atoms with Gasteiger partial charge >= 0.3 is 0 Å². The van der Waals surface area contributed by atoms with Gasteiger partial charge in [-0.15, -0.1) is 0 Å². The minimum Gasteiger partial charge on any atom is -0.368 e. The van der Waals surface area contributed by atoms with Gasteiger partial charge in [0.25, 0.3) is 0 Å². The number of nitrogens with two attached hydrogens (primary N) is 6. The second-order valence-electron chi connectivity index (χ2n) is 18.1. The molecule has 0 heterocycles. The van der Waals surface area contributed by atoms with Crippen molar-refractivity contribution < 1.29 is 38.4 Å². The van der Waals surface area contributed by atoms with Crippen LogP contribution in [0.15, 0.2) is 0 Å². The minimum atomic E-state index is -1.13. The molecule has 8 amide bonds. The van der Waals surface area contributed by atoms with Crippen LogP contribution in [0.4, 0.5) is 0 Å². The van der Waals surface area contributed by atoms with Crippen LogP contribution in [0, 0.1) is 0 Å². The Hall–Kier alpha value is -4.44. The van der Waals surface area contributed by atoms with Crippen LogP contribution in [0.5, 0.6) is 0 Å². The van der Waals surface area contributed by atoms with E-state index in [1.165, 1.54) is 0 Å². The molecule has 0 aromatic carbocycles. The Morgan fingerprint density at radius 2 is 0.507 bits per heavy atom. The van der Waals surface area contributed by atoms with E-state index in [2.05, 4.69) is 37.2 Å². The third-order valence-corrected chi connectivity index (χ3v) is 12.0. The van der Waals surface area contributed by atoms with E-state index in [1.54, 1.807) is 0 Å². The topological polar surface area (TPSA) is 377 Å². The first-order valence-corrected chi connectivity index (χ1v) is 26.1. The van der Waals surface area contributed by atoms with E-state index in [0.29, 0.717) is 116 Å². The van der Waals surface area contributed by atoms with Crippen molar-refractivity contribution in [3.8, 4) is 0 Å². The summed E-state index contributed by atoms with van der Waals surface area (Å²) < 4.78 is 0. The first-order valence-electron chi connectivity index (χ1n) is 26.1. The maximum Gasteiger partial charge on any atom is 0.243 e. The molecule has 0 aliphatic heterocycles. The Bertz CT molecular complexity index is 1490. The fraction of sp³-hybridized carbons (Fsp3) is 0.833. The smallest absolute Gasteiger partial charge is 0.243 e. The van der Waals surface area contributed by atoms with Crippen molar-refractivity contribution in [2.45, 2.75) is 230 Å². The second-order valence-corrected chi connectivity index (χ2v) is 18.1. The maximum atomic E-state index is 14.2. The van der Waals surface area contributed by atoms with Crippen LogP contribution in [0.3, 0.4) is 0 Å². The van der Waals surface area contributed by atoms with Gasteiger partial charge in [-0.25, -0.2) is 0 Å². The van der Waals surface area contributed by atoms with E-state index in [1.807, 2.05) is 27.7 Å². The summed E-state index contributed by atoms with van der Waals surface area (Å²) in [6.45, 7) is 9.29. The molecule has 19 N–H and O–H groups in total. The molecule has 0 aliphatic carbocycles. The number of hydrogen-bond acceptors (Lipinski definition) is 13. The molecule has 0 aromatic heterocycles. The number of amides is 8. The number of nitrogens with one attached hydrogen (secondary N) is 7. The van der Waals surface area contributed by atoms with Crippen molar-refractivity contribution in [3.05, 3.63) is 0 Å². The lowest BCUT2D eigenvalue weighted by atomic mass is 10.0. The molecule has 0 rings (SSSR count). The monoisotopic (exact) mass is 982 g/mol. The van der Waals surface area contributed by atoms with Crippen LogP contribution in [0.25, 0.3) is 0 Å². The summed E-state index contributed by atoms with van der Waals surface area (Å²) in [5.41, 5.74) is 34.6. The quantitative estimate of drug-likeness (QED) is 0.0370. The fourth-order valence-electron chi connectivity index (χ4n) is 7.56. The van der Waals surface area contributed by atoms with Gasteiger partial charge in [-0.1, -0.05) is 79.1 Å². The molecule has 0 saturated carbocycles. The zero-order chi connectivity index (χ0) is 52.0. The summed E-state index contributed by atoms with van der Waals surface area (Å²) in [4.78, 5) is 109. The second kappa shape index (κ2) is 40.3. The lowest BCUT2D eigenvalue weighted by Crippen LogP contribution is -2.60. The molecule has 0 fully saturated rings. The number of primary amides is 1. The van der Waals surface area contributed by atoms with Gasteiger partial charge < -0.3 is 71.6 Å². The molecule has 0 saturated heterocycles. The largest absolute Gasteiger partial charge is 0.368 e. The number of carbonyl (C=O) groups excluding carboxylic acids is 8. The van der Waals surface area contributed by atoms with Crippen LogP contribution in [0.1, 0.15) is 182 Å². The summed E-state index contributed by atoms with van der Waals surface area (Å²) in [5.74, 6) is -4.81. The molecule has 69 heavy (non-hydrogen) atoms. The number of carbonyl (C=O) groups is 8. The summed E-state index contributed by atoms with van der Waals surface area (Å²) in [7, 11) is 0. The molecule has 0 bridgehead atoms. The van der Waals surface area contributed by atoms with Gasteiger partial charge in [0.1, 0.15) is 42.3 Å². The van der Waals surface area contributed by atoms with Gasteiger partial charge in [-0.05, 0) is 129 Å². The molecule has 0 spiro atoms. The first-order chi connectivity index (χ1) is 33.1. The minimum absolute atomic E-state index is 0.174. The first kappa shape index (κ1) is 64.6. The molecule has 8 atom stereocenters. The predicted molar refractivity (Wildman–Crippen MR) is 270 cm³/mol. The van der Waals surface area contributed by atoms with Gasteiger partial charge in [-0.3, -0.25) is 38.4 Å². The number of unbranched alkanes of at least 4 members (excludes halogenated alkanes) is 8. The molecule has 0 aliphatic rings. The zero-order valence-electron chi connectivity index (χ0n) is 42.6. The number of rotatable bonds is 43. The summed E-state index contributed by atoms with van der Waals surface area (Å²) in [6.07, 6.45) is 11.9. The van der Waals surface area contributed by atoms with E-state index in [4.69, 9.17) is 34.4 Å². The van der Waals surface area contributed by atoms with E-state index in [-0.39, 0.29) is 44.9 Å². The van der Waals surface area contributed by atoms with Gasteiger partial charge in [0.05, 0.1) is 6.04 Å². The van der Waals surface area contributed by atoms with Crippen molar-refractivity contribution in [1.82, 2.24) is 37.2 Å². The Morgan fingerprint density at radius 3 is 0.739 bits per heavy atom. The highest BCUT2D eigenvalue weighted by Crippen LogP contribution is 2.12. The van der Waals surface area contributed by atoms with Crippen molar-refractivity contribution in [2.24, 2.45) is 34.4 Å². The summed E-state index contributed by atoms with van der Waals surface area (Å²) >= 11 is 0.